The first-order chi connectivity index (χ1) is 15.6. The van der Waals surface area contributed by atoms with Crippen LogP contribution in [0, 0.1) is 11.3 Å². The van der Waals surface area contributed by atoms with E-state index >= 15 is 0 Å². The van der Waals surface area contributed by atoms with Crippen molar-refractivity contribution in [1.29, 1.82) is 5.41 Å². The van der Waals surface area contributed by atoms with Crippen molar-refractivity contribution in [3.05, 3.63) is 77.4 Å². The molecular weight excluding hydrogens is 396 g/mol. The van der Waals surface area contributed by atoms with Crippen molar-refractivity contribution in [2.45, 2.75) is 32.4 Å². The molecule has 2 heterocycles. The Balaban J connectivity index is 1.11. The van der Waals surface area contributed by atoms with E-state index in [-0.39, 0.29) is 5.96 Å². The Morgan fingerprint density at radius 3 is 2.56 bits per heavy atom. The average molecular weight is 429 g/mol. The Kier molecular flexibility index (Phi) is 5.99. The standard InChI is InChI=1S/C27H32N4O/c28-27(29)31-14-11-23-7-8-26(16-25(23)18-31)32-19-20-9-12-30(13-10-20)17-21-5-6-22-3-1-2-4-24(22)15-21/h1-8,15-16,20H,9-14,17-19H2,(H3,28,29). The van der Waals surface area contributed by atoms with Crippen molar-refractivity contribution in [3.63, 3.8) is 0 Å². The van der Waals surface area contributed by atoms with Gasteiger partial charge in [0, 0.05) is 19.6 Å². The van der Waals surface area contributed by atoms with Gasteiger partial charge in [-0.3, -0.25) is 10.3 Å². The summed E-state index contributed by atoms with van der Waals surface area (Å²) in [5, 5.41) is 10.3. The lowest BCUT2D eigenvalue weighted by atomic mass is 9.97. The number of likely N-dealkylation sites (tertiary alicyclic amines) is 1. The minimum absolute atomic E-state index is 0.150. The Morgan fingerprint density at radius 1 is 0.938 bits per heavy atom. The van der Waals surface area contributed by atoms with Crippen LogP contribution in [-0.2, 0) is 19.5 Å². The summed E-state index contributed by atoms with van der Waals surface area (Å²) in [5.74, 6) is 1.69. The van der Waals surface area contributed by atoms with Gasteiger partial charge in [0.05, 0.1) is 6.61 Å². The second-order valence-electron chi connectivity index (χ2n) is 9.20. The van der Waals surface area contributed by atoms with E-state index < -0.39 is 0 Å². The molecule has 32 heavy (non-hydrogen) atoms. The second-order valence-corrected chi connectivity index (χ2v) is 9.20. The van der Waals surface area contributed by atoms with E-state index in [1.807, 2.05) is 4.90 Å². The monoisotopic (exact) mass is 428 g/mol. The van der Waals surface area contributed by atoms with Gasteiger partial charge in [-0.2, -0.15) is 0 Å². The summed E-state index contributed by atoms with van der Waals surface area (Å²) in [4.78, 5) is 4.48. The number of fused-ring (bicyclic) bond motifs is 2. The largest absolute Gasteiger partial charge is 0.493 e. The van der Waals surface area contributed by atoms with Crippen molar-refractivity contribution < 1.29 is 4.74 Å². The van der Waals surface area contributed by atoms with Crippen LogP contribution in [0.2, 0.25) is 0 Å². The smallest absolute Gasteiger partial charge is 0.188 e. The normalized spacial score (nSPS) is 17.3. The first-order valence-corrected chi connectivity index (χ1v) is 11.7. The average Bonchev–Trinajstić information content (AvgIpc) is 2.83. The predicted octanol–water partition coefficient (Wildman–Crippen LogP) is 4.38. The van der Waals surface area contributed by atoms with Gasteiger partial charge < -0.3 is 15.4 Å². The molecule has 0 atom stereocenters. The third-order valence-electron chi connectivity index (χ3n) is 6.94. The SMILES string of the molecule is N=C(N)N1CCc2ccc(OCC3CCN(Cc4ccc5ccccc5c4)CC3)cc2C1. The molecule has 5 nitrogen and oxygen atoms in total. The number of hydrogen-bond donors (Lipinski definition) is 2. The summed E-state index contributed by atoms with van der Waals surface area (Å²) in [5.41, 5.74) is 9.65. The van der Waals surface area contributed by atoms with Crippen LogP contribution >= 0.6 is 0 Å². The van der Waals surface area contributed by atoms with Gasteiger partial charge in [0.1, 0.15) is 5.75 Å². The third kappa shape index (κ3) is 4.73. The lowest BCUT2D eigenvalue weighted by Gasteiger charge is -2.32. The number of nitrogens with two attached hydrogens (primary N) is 1. The van der Waals surface area contributed by atoms with Crippen molar-refractivity contribution >= 4 is 16.7 Å². The Bertz CT molecular complexity index is 1100. The molecule has 3 aromatic carbocycles. The highest BCUT2D eigenvalue weighted by Gasteiger charge is 2.21. The minimum atomic E-state index is 0.150. The van der Waals surface area contributed by atoms with E-state index in [0.717, 1.165) is 45.0 Å². The molecule has 2 aliphatic rings. The van der Waals surface area contributed by atoms with Crippen molar-refractivity contribution in [1.82, 2.24) is 9.80 Å². The molecule has 0 aromatic heterocycles. The molecular formula is C27H32N4O. The lowest BCUT2D eigenvalue weighted by molar-refractivity contribution is 0.136. The van der Waals surface area contributed by atoms with Crippen LogP contribution in [0.4, 0.5) is 0 Å². The summed E-state index contributed by atoms with van der Waals surface area (Å²) < 4.78 is 6.19. The first-order valence-electron chi connectivity index (χ1n) is 11.7. The number of guanidine groups is 1. The number of hydrogen-bond acceptors (Lipinski definition) is 3. The van der Waals surface area contributed by atoms with Gasteiger partial charge in [-0.05, 0) is 83.9 Å². The van der Waals surface area contributed by atoms with Gasteiger partial charge in [-0.15, -0.1) is 0 Å². The Hall–Kier alpha value is -3.05. The fraction of sp³-hybridized carbons (Fsp3) is 0.370. The molecule has 0 radical (unpaired) electrons. The lowest BCUT2D eigenvalue weighted by Crippen LogP contribution is -2.40. The molecule has 0 spiro atoms. The maximum absolute atomic E-state index is 7.69. The highest BCUT2D eigenvalue weighted by atomic mass is 16.5. The highest BCUT2D eigenvalue weighted by molar-refractivity contribution is 5.83. The van der Waals surface area contributed by atoms with Gasteiger partial charge >= 0.3 is 0 Å². The molecule has 2 aliphatic heterocycles. The minimum Gasteiger partial charge on any atom is -0.493 e. The second kappa shape index (κ2) is 9.21. The van der Waals surface area contributed by atoms with Gasteiger partial charge in [-0.1, -0.05) is 42.5 Å². The van der Waals surface area contributed by atoms with Crippen LogP contribution in [0.25, 0.3) is 10.8 Å². The third-order valence-corrected chi connectivity index (χ3v) is 6.94. The van der Waals surface area contributed by atoms with E-state index in [4.69, 9.17) is 15.9 Å². The molecule has 0 bridgehead atoms. The van der Waals surface area contributed by atoms with Crippen molar-refractivity contribution in [2.24, 2.45) is 11.7 Å². The topological polar surface area (TPSA) is 65.6 Å². The van der Waals surface area contributed by atoms with Crippen molar-refractivity contribution in [3.8, 4) is 5.75 Å². The number of piperidine rings is 1. The fourth-order valence-corrected chi connectivity index (χ4v) is 4.95. The summed E-state index contributed by atoms with van der Waals surface area (Å²) in [6.07, 6.45) is 3.29. The molecule has 1 fully saturated rings. The number of nitrogens with one attached hydrogen (secondary N) is 1. The maximum Gasteiger partial charge on any atom is 0.188 e. The quantitative estimate of drug-likeness (QED) is 0.467. The van der Waals surface area contributed by atoms with Crippen LogP contribution in [0.1, 0.15) is 29.5 Å². The maximum atomic E-state index is 7.69. The first kappa shape index (κ1) is 20.8. The molecule has 0 aliphatic carbocycles. The van der Waals surface area contributed by atoms with Crippen molar-refractivity contribution in [2.75, 3.05) is 26.2 Å². The molecule has 0 unspecified atom stereocenters. The summed E-state index contributed by atoms with van der Waals surface area (Å²) in [6, 6.07) is 21.8. The molecule has 166 valence electrons. The van der Waals surface area contributed by atoms with Gasteiger partial charge in [0.25, 0.3) is 0 Å². The van der Waals surface area contributed by atoms with Crippen LogP contribution in [-0.4, -0.2) is 42.0 Å². The molecule has 5 rings (SSSR count). The highest BCUT2D eigenvalue weighted by Crippen LogP contribution is 2.26. The number of nitrogens with zero attached hydrogens (tertiary/aromatic N) is 2. The molecule has 5 heteroatoms. The Morgan fingerprint density at radius 2 is 1.75 bits per heavy atom. The van der Waals surface area contributed by atoms with E-state index in [9.17, 15) is 0 Å². The number of ether oxygens (including phenoxy) is 1. The van der Waals surface area contributed by atoms with Crippen LogP contribution in [0.15, 0.2) is 60.7 Å². The van der Waals surface area contributed by atoms with Crippen LogP contribution in [0.5, 0.6) is 5.75 Å². The summed E-state index contributed by atoms with van der Waals surface area (Å²) >= 11 is 0. The van der Waals surface area contributed by atoms with E-state index in [1.54, 1.807) is 0 Å². The number of benzene rings is 3. The summed E-state index contributed by atoms with van der Waals surface area (Å²) in [6.45, 7) is 5.57. The predicted molar refractivity (Wildman–Crippen MR) is 130 cm³/mol. The molecule has 3 aromatic rings. The fourth-order valence-electron chi connectivity index (χ4n) is 4.95. The van der Waals surface area contributed by atoms with E-state index in [0.29, 0.717) is 12.5 Å². The molecule has 0 saturated carbocycles. The zero-order chi connectivity index (χ0) is 21.9. The molecule has 3 N–H and O–H groups in total. The van der Waals surface area contributed by atoms with Gasteiger partial charge in [-0.25, -0.2) is 0 Å². The molecule has 1 saturated heterocycles. The van der Waals surface area contributed by atoms with E-state index in [1.165, 1.54) is 40.3 Å². The molecule has 0 amide bonds. The van der Waals surface area contributed by atoms with Gasteiger partial charge in [0.15, 0.2) is 5.96 Å². The zero-order valence-electron chi connectivity index (χ0n) is 18.6. The van der Waals surface area contributed by atoms with Crippen LogP contribution < -0.4 is 10.5 Å². The van der Waals surface area contributed by atoms with E-state index in [2.05, 4.69) is 65.6 Å². The summed E-state index contributed by atoms with van der Waals surface area (Å²) in [7, 11) is 0. The van der Waals surface area contributed by atoms with Crippen LogP contribution in [0.3, 0.4) is 0 Å². The number of rotatable bonds is 5. The Labute approximate surface area is 190 Å². The van der Waals surface area contributed by atoms with Gasteiger partial charge in [0.2, 0.25) is 0 Å². The zero-order valence-corrected chi connectivity index (χ0v) is 18.6.